The highest BCUT2D eigenvalue weighted by Crippen LogP contribution is 2.37. The number of halogens is 3. The summed E-state index contributed by atoms with van der Waals surface area (Å²) in [5, 5.41) is 9.68. The van der Waals surface area contributed by atoms with Crippen LogP contribution < -0.4 is 25.8 Å². The van der Waals surface area contributed by atoms with Crippen LogP contribution in [0.15, 0.2) is 55.0 Å². The van der Waals surface area contributed by atoms with E-state index >= 15 is 0 Å². The molecule has 0 aliphatic carbocycles. The van der Waals surface area contributed by atoms with E-state index in [2.05, 4.69) is 25.6 Å². The highest BCUT2D eigenvalue weighted by atomic mass is 35.5. The van der Waals surface area contributed by atoms with Gasteiger partial charge in [0.2, 0.25) is 11.8 Å². The quantitative estimate of drug-likeness (QED) is 0.0869. The molecule has 1 unspecified atom stereocenters. The van der Waals surface area contributed by atoms with Gasteiger partial charge in [-0.2, -0.15) is 5.10 Å². The molecule has 7 rings (SSSR count). The summed E-state index contributed by atoms with van der Waals surface area (Å²) in [5.41, 5.74) is 8.20. The topological polar surface area (TPSA) is 200 Å². The van der Waals surface area contributed by atoms with Crippen molar-refractivity contribution in [1.82, 2.24) is 35.2 Å². The van der Waals surface area contributed by atoms with Crippen LogP contribution in [0.4, 0.5) is 10.2 Å². The van der Waals surface area contributed by atoms with Gasteiger partial charge in [-0.15, -0.1) is 0 Å². The van der Waals surface area contributed by atoms with Gasteiger partial charge in [0.1, 0.15) is 23.7 Å². The summed E-state index contributed by atoms with van der Waals surface area (Å²) in [6.07, 6.45) is 6.55. The Balaban J connectivity index is 0.794. The average Bonchev–Trinajstić information content (AvgIpc) is 3.81. The normalized spacial score (nSPS) is 17.8. The maximum Gasteiger partial charge on any atom is 0.262 e. The molecule has 310 valence electrons. The second-order valence-electron chi connectivity index (χ2n) is 14.3. The summed E-state index contributed by atoms with van der Waals surface area (Å²) in [6, 6.07) is 7.78. The van der Waals surface area contributed by atoms with Gasteiger partial charge in [0.05, 0.1) is 41.6 Å². The van der Waals surface area contributed by atoms with E-state index in [0.717, 1.165) is 48.5 Å². The van der Waals surface area contributed by atoms with Crippen molar-refractivity contribution in [1.29, 1.82) is 0 Å². The molecule has 4 aromatic rings. The number of nitrogens with one attached hydrogen (secondary N) is 2. The molecular weight excluding hydrogens is 810 g/mol. The number of amides is 5. The molecule has 5 heterocycles. The van der Waals surface area contributed by atoms with Crippen LogP contribution in [0.3, 0.4) is 0 Å². The Hall–Kier alpha value is -5.62. The van der Waals surface area contributed by atoms with Gasteiger partial charge >= 0.3 is 0 Å². The zero-order valence-electron chi connectivity index (χ0n) is 31.9. The fourth-order valence-electron chi connectivity index (χ4n) is 7.26. The number of benzene rings is 2. The van der Waals surface area contributed by atoms with Crippen molar-refractivity contribution < 1.29 is 42.6 Å². The van der Waals surface area contributed by atoms with Crippen LogP contribution in [0.25, 0.3) is 11.1 Å². The predicted molar refractivity (Wildman–Crippen MR) is 212 cm³/mol. The summed E-state index contributed by atoms with van der Waals surface area (Å²) in [6.45, 7) is 4.91. The second-order valence-corrected chi connectivity index (χ2v) is 15.1. The van der Waals surface area contributed by atoms with Crippen molar-refractivity contribution in [3.05, 3.63) is 87.5 Å². The highest BCUT2D eigenvalue weighted by Gasteiger charge is 2.44. The molecule has 3 aliphatic heterocycles. The number of fused-ring (bicyclic) bond motifs is 1. The van der Waals surface area contributed by atoms with Crippen LogP contribution in [-0.2, 0) is 19.1 Å². The third-order valence-electron chi connectivity index (χ3n) is 10.4. The number of aromatic nitrogens is 3. The van der Waals surface area contributed by atoms with Gasteiger partial charge in [0, 0.05) is 66.7 Å². The van der Waals surface area contributed by atoms with E-state index in [9.17, 15) is 28.4 Å². The molecule has 5 amide bonds. The molecule has 2 fully saturated rings. The zero-order chi connectivity index (χ0) is 41.8. The smallest absolute Gasteiger partial charge is 0.262 e. The Morgan fingerprint density at radius 1 is 1.02 bits per heavy atom. The third kappa shape index (κ3) is 9.33. The van der Waals surface area contributed by atoms with Crippen molar-refractivity contribution >= 4 is 58.6 Å². The Bertz CT molecular complexity index is 2280. The fourth-order valence-corrected chi connectivity index (χ4v) is 7.94. The minimum absolute atomic E-state index is 0.0239. The van der Waals surface area contributed by atoms with E-state index in [4.69, 9.17) is 43.1 Å². The van der Waals surface area contributed by atoms with Crippen LogP contribution >= 0.6 is 23.2 Å². The lowest BCUT2D eigenvalue weighted by Crippen LogP contribution is -2.54. The lowest BCUT2D eigenvalue weighted by molar-refractivity contribution is -0.136. The maximum atomic E-state index is 14.1. The number of nitrogen functional groups attached to an aromatic ring is 1. The van der Waals surface area contributed by atoms with Crippen molar-refractivity contribution in [2.45, 2.75) is 50.8 Å². The number of anilines is 1. The van der Waals surface area contributed by atoms with Crippen molar-refractivity contribution in [3.8, 4) is 22.6 Å². The van der Waals surface area contributed by atoms with Crippen molar-refractivity contribution in [3.63, 3.8) is 0 Å². The third-order valence-corrected chi connectivity index (χ3v) is 11.2. The molecule has 2 atom stereocenters. The maximum absolute atomic E-state index is 14.1. The molecule has 59 heavy (non-hydrogen) atoms. The second kappa shape index (κ2) is 18.1. The number of nitrogens with two attached hydrogens (primary N) is 1. The first-order valence-electron chi connectivity index (χ1n) is 19.0. The summed E-state index contributed by atoms with van der Waals surface area (Å²) < 4.78 is 33.4. The largest absolute Gasteiger partial charge is 0.484 e. The molecule has 3 aliphatic rings. The van der Waals surface area contributed by atoms with Crippen LogP contribution in [0.2, 0.25) is 10.0 Å². The summed E-state index contributed by atoms with van der Waals surface area (Å²) in [5.74, 6) is -2.73. The summed E-state index contributed by atoms with van der Waals surface area (Å²) >= 11 is 12.5. The van der Waals surface area contributed by atoms with Gasteiger partial charge in [0.15, 0.2) is 18.2 Å². The Labute approximate surface area is 348 Å². The van der Waals surface area contributed by atoms with E-state index in [0.29, 0.717) is 24.5 Å². The first-order valence-corrected chi connectivity index (χ1v) is 19.8. The Morgan fingerprint density at radius 3 is 2.58 bits per heavy atom. The minimum Gasteiger partial charge on any atom is -0.484 e. The predicted octanol–water partition coefficient (Wildman–Crippen LogP) is 4.36. The minimum atomic E-state index is -1.07. The number of imide groups is 2. The first-order chi connectivity index (χ1) is 28.4. The number of ether oxygens (including phenoxy) is 3. The molecule has 0 radical (unpaired) electrons. The van der Waals surface area contributed by atoms with Gasteiger partial charge in [-0.3, -0.25) is 38.9 Å². The number of hydrogen-bond donors (Lipinski definition) is 3. The zero-order valence-corrected chi connectivity index (χ0v) is 33.4. The van der Waals surface area contributed by atoms with E-state index in [-0.39, 0.29) is 64.8 Å². The molecule has 0 bridgehead atoms. The standard InChI is InChI=1S/C40H41Cl2FN8O8/c1-22(35-29(41)4-5-30(43)36(35)42)59-32-16-23(18-46-37(32)44)24-19-47-50(20-24)25-8-11-49(12-9-25)13-15-57-14-10-45-34(53)21-58-26-2-3-27-28(17-26)40(56)51(39(27)55)31-6-7-33(52)48-38(31)54/h2-5,16-20,22,25,31H,6-15,21H2,1H3,(H2,44,46)(H,45,53)(H,48,52,54)/t22-,31?/m1/s1. The first kappa shape index (κ1) is 41.5. The number of carbonyl (C=O) groups is 5. The molecule has 4 N–H and O–H groups in total. The lowest BCUT2D eigenvalue weighted by Gasteiger charge is -2.31. The number of piperidine rings is 2. The van der Waals surface area contributed by atoms with Crippen LogP contribution in [0.5, 0.6) is 11.5 Å². The molecule has 19 heteroatoms. The monoisotopic (exact) mass is 850 g/mol. The van der Waals surface area contributed by atoms with Gasteiger partial charge in [-0.25, -0.2) is 9.37 Å². The van der Waals surface area contributed by atoms with Crippen LogP contribution in [0, 0.1) is 5.82 Å². The molecule has 2 saturated heterocycles. The molecule has 2 aromatic heterocycles. The lowest BCUT2D eigenvalue weighted by atomic mass is 10.0. The molecule has 0 saturated carbocycles. The number of likely N-dealkylation sites (tertiary alicyclic amines) is 1. The molecule has 2 aromatic carbocycles. The fraction of sp³-hybridized carbons (Fsp3) is 0.375. The average molecular weight is 852 g/mol. The van der Waals surface area contributed by atoms with Crippen molar-refractivity contribution in [2.24, 2.45) is 0 Å². The van der Waals surface area contributed by atoms with Crippen LogP contribution in [-0.4, -0.2) is 106 Å². The number of hydrogen-bond acceptors (Lipinski definition) is 12. The SMILES string of the molecule is C[C@@H](Oc1cc(-c2cnn(C3CCN(CCOCCNC(=O)COc4ccc5c(c4)C(=O)N(C4CCC(=O)NC4=O)C5=O)CC3)c2)cnc1N)c1c(Cl)ccc(F)c1Cl. The summed E-state index contributed by atoms with van der Waals surface area (Å²) in [4.78, 5) is 69.6. The van der Waals surface area contributed by atoms with Crippen molar-refractivity contribution in [2.75, 3.05) is 51.7 Å². The van der Waals surface area contributed by atoms with Gasteiger partial charge in [-0.1, -0.05) is 23.2 Å². The number of rotatable bonds is 15. The summed E-state index contributed by atoms with van der Waals surface area (Å²) in [7, 11) is 0. The van der Waals surface area contributed by atoms with E-state index < -0.39 is 47.5 Å². The molecule has 0 spiro atoms. The van der Waals surface area contributed by atoms with E-state index in [1.54, 1.807) is 25.4 Å². The van der Waals surface area contributed by atoms with Gasteiger partial charge in [0.25, 0.3) is 17.7 Å². The van der Waals surface area contributed by atoms with E-state index in [1.165, 1.54) is 30.3 Å². The van der Waals surface area contributed by atoms with Gasteiger partial charge in [-0.05, 0) is 62.6 Å². The number of pyridine rings is 1. The molecular formula is C40H41Cl2FN8O8. The van der Waals surface area contributed by atoms with Gasteiger partial charge < -0.3 is 30.2 Å². The Kier molecular flexibility index (Phi) is 12.7. The Morgan fingerprint density at radius 2 is 1.80 bits per heavy atom. The number of nitrogens with zero attached hydrogens (tertiary/aromatic N) is 5. The number of carbonyl (C=O) groups excluding carboxylic acids is 5. The highest BCUT2D eigenvalue weighted by molar-refractivity contribution is 6.36. The molecule has 16 nitrogen and oxygen atoms in total. The van der Waals surface area contributed by atoms with E-state index in [1.807, 2.05) is 10.9 Å². The van der Waals surface area contributed by atoms with Crippen LogP contribution in [0.1, 0.15) is 71.0 Å².